The number of allylic oxidation sites excluding steroid dienone is 1. The molecule has 0 aliphatic rings. The SMILES string of the molecule is C=C/C=c1/cnnc/c1=C/C.CC. The molecule has 1 aromatic heterocycles. The maximum Gasteiger partial charge on any atom is 0.0574 e. The highest BCUT2D eigenvalue weighted by molar-refractivity contribution is 5.36. The minimum absolute atomic E-state index is 1.05. The molecule has 0 saturated carbocycles. The molecular weight excluding hydrogens is 160 g/mol. The van der Waals surface area contributed by atoms with E-state index < -0.39 is 0 Å². The molecular formula is C11H16N2. The van der Waals surface area contributed by atoms with E-state index in [-0.39, 0.29) is 0 Å². The zero-order chi connectivity index (χ0) is 10.1. The van der Waals surface area contributed by atoms with Gasteiger partial charge in [-0.25, -0.2) is 0 Å². The van der Waals surface area contributed by atoms with Crippen molar-refractivity contribution >= 4 is 12.2 Å². The van der Waals surface area contributed by atoms with E-state index in [9.17, 15) is 0 Å². The van der Waals surface area contributed by atoms with E-state index in [0.29, 0.717) is 0 Å². The van der Waals surface area contributed by atoms with Gasteiger partial charge < -0.3 is 0 Å². The van der Waals surface area contributed by atoms with E-state index in [1.807, 2.05) is 32.9 Å². The zero-order valence-corrected chi connectivity index (χ0v) is 8.49. The van der Waals surface area contributed by atoms with Crippen LogP contribution in [0.4, 0.5) is 0 Å². The molecule has 0 N–H and O–H groups in total. The second-order valence-corrected chi connectivity index (χ2v) is 2.09. The molecule has 2 nitrogen and oxygen atoms in total. The van der Waals surface area contributed by atoms with Gasteiger partial charge in [0.25, 0.3) is 0 Å². The van der Waals surface area contributed by atoms with Crippen LogP contribution in [0.1, 0.15) is 20.8 Å². The highest BCUT2D eigenvalue weighted by Gasteiger charge is 1.80. The Kier molecular flexibility index (Phi) is 6.42. The average molecular weight is 176 g/mol. The Morgan fingerprint density at radius 3 is 2.15 bits per heavy atom. The van der Waals surface area contributed by atoms with Crippen molar-refractivity contribution in [3.8, 4) is 0 Å². The summed E-state index contributed by atoms with van der Waals surface area (Å²) in [5.41, 5.74) is 0. The van der Waals surface area contributed by atoms with Gasteiger partial charge in [0.15, 0.2) is 0 Å². The van der Waals surface area contributed by atoms with Crippen LogP contribution in [0.25, 0.3) is 12.2 Å². The van der Waals surface area contributed by atoms with Gasteiger partial charge in [-0.3, -0.25) is 0 Å². The summed E-state index contributed by atoms with van der Waals surface area (Å²) >= 11 is 0. The lowest BCUT2D eigenvalue weighted by Gasteiger charge is -1.84. The molecule has 0 saturated heterocycles. The van der Waals surface area contributed by atoms with E-state index in [1.165, 1.54) is 0 Å². The maximum atomic E-state index is 3.76. The van der Waals surface area contributed by atoms with Crippen molar-refractivity contribution in [2.45, 2.75) is 20.8 Å². The lowest BCUT2D eigenvalue weighted by atomic mass is 10.3. The van der Waals surface area contributed by atoms with Gasteiger partial charge in [-0.05, 0) is 12.1 Å². The van der Waals surface area contributed by atoms with Gasteiger partial charge in [0.05, 0.1) is 12.4 Å². The van der Waals surface area contributed by atoms with Gasteiger partial charge >= 0.3 is 0 Å². The van der Waals surface area contributed by atoms with E-state index in [1.54, 1.807) is 18.5 Å². The van der Waals surface area contributed by atoms with Crippen molar-refractivity contribution in [2.75, 3.05) is 0 Å². The van der Waals surface area contributed by atoms with Crippen LogP contribution in [-0.4, -0.2) is 10.2 Å². The molecule has 0 aliphatic carbocycles. The number of hydrogen-bond acceptors (Lipinski definition) is 2. The first-order chi connectivity index (χ1) is 6.38. The number of hydrogen-bond donors (Lipinski definition) is 0. The Hall–Kier alpha value is -1.44. The summed E-state index contributed by atoms with van der Waals surface area (Å²) in [5, 5.41) is 9.66. The Morgan fingerprint density at radius 1 is 1.15 bits per heavy atom. The van der Waals surface area contributed by atoms with Crippen molar-refractivity contribution in [1.29, 1.82) is 0 Å². The third kappa shape index (κ3) is 3.65. The molecule has 1 heterocycles. The molecule has 1 aromatic rings. The number of nitrogens with zero attached hydrogens (tertiary/aromatic N) is 2. The van der Waals surface area contributed by atoms with Gasteiger partial charge in [-0.2, -0.15) is 10.2 Å². The van der Waals surface area contributed by atoms with Crippen molar-refractivity contribution < 1.29 is 0 Å². The third-order valence-electron chi connectivity index (χ3n) is 1.40. The molecule has 13 heavy (non-hydrogen) atoms. The van der Waals surface area contributed by atoms with Crippen LogP contribution in [0.5, 0.6) is 0 Å². The first-order valence-corrected chi connectivity index (χ1v) is 4.44. The van der Waals surface area contributed by atoms with E-state index in [0.717, 1.165) is 10.4 Å². The quantitative estimate of drug-likeness (QED) is 0.644. The molecule has 0 radical (unpaired) electrons. The standard InChI is InChI=1S/C9H10N2.C2H6/c1-3-5-9-7-11-10-6-8(9)4-2;1-2/h3-7H,1H2,2H3;1-2H3/b8-4-,9-5-;. The van der Waals surface area contributed by atoms with E-state index in [2.05, 4.69) is 16.8 Å². The largest absolute Gasteiger partial charge is 0.159 e. The summed E-state index contributed by atoms with van der Waals surface area (Å²) in [4.78, 5) is 0. The Bertz CT molecular complexity index is 353. The highest BCUT2D eigenvalue weighted by Crippen LogP contribution is 1.64. The summed E-state index contributed by atoms with van der Waals surface area (Å²) in [6, 6.07) is 0. The molecule has 0 amide bonds. The summed E-state index contributed by atoms with van der Waals surface area (Å²) in [6.45, 7) is 9.58. The third-order valence-corrected chi connectivity index (χ3v) is 1.40. The zero-order valence-electron chi connectivity index (χ0n) is 8.49. The fourth-order valence-corrected chi connectivity index (χ4v) is 0.848. The minimum Gasteiger partial charge on any atom is -0.159 e. The summed E-state index contributed by atoms with van der Waals surface area (Å²) in [5.74, 6) is 0. The topological polar surface area (TPSA) is 25.8 Å². The lowest BCUT2D eigenvalue weighted by Crippen LogP contribution is -2.25. The molecule has 1 rings (SSSR count). The summed E-state index contributed by atoms with van der Waals surface area (Å²) in [6.07, 6.45) is 9.09. The van der Waals surface area contributed by atoms with Crippen LogP contribution in [0.3, 0.4) is 0 Å². The molecule has 0 unspecified atom stereocenters. The maximum absolute atomic E-state index is 3.76. The highest BCUT2D eigenvalue weighted by atomic mass is 15.1. The number of rotatable bonds is 1. The summed E-state index contributed by atoms with van der Waals surface area (Å²) < 4.78 is 0. The molecule has 0 aliphatic heterocycles. The predicted molar refractivity (Wildman–Crippen MR) is 57.4 cm³/mol. The first-order valence-electron chi connectivity index (χ1n) is 4.44. The number of aromatic nitrogens is 2. The van der Waals surface area contributed by atoms with Gasteiger partial charge in [0.1, 0.15) is 0 Å². The molecule has 0 aromatic carbocycles. The second kappa shape index (κ2) is 7.22. The Labute approximate surface area is 79.3 Å². The lowest BCUT2D eigenvalue weighted by molar-refractivity contribution is 1.01. The molecule has 0 spiro atoms. The molecule has 70 valence electrons. The van der Waals surface area contributed by atoms with Crippen LogP contribution in [-0.2, 0) is 0 Å². The van der Waals surface area contributed by atoms with Crippen molar-refractivity contribution in [2.24, 2.45) is 0 Å². The normalized spacial score (nSPS) is 11.9. The van der Waals surface area contributed by atoms with Gasteiger partial charge in [0, 0.05) is 5.22 Å². The fraction of sp³-hybridized carbons (Fsp3) is 0.273. The molecule has 0 fully saturated rings. The van der Waals surface area contributed by atoms with Gasteiger partial charge in [0.2, 0.25) is 0 Å². The van der Waals surface area contributed by atoms with Crippen LogP contribution in [0.2, 0.25) is 0 Å². The van der Waals surface area contributed by atoms with Crippen LogP contribution < -0.4 is 10.4 Å². The monoisotopic (exact) mass is 176 g/mol. The van der Waals surface area contributed by atoms with Crippen LogP contribution in [0, 0.1) is 0 Å². The fourth-order valence-electron chi connectivity index (χ4n) is 0.848. The Morgan fingerprint density at radius 2 is 1.69 bits per heavy atom. The van der Waals surface area contributed by atoms with E-state index in [4.69, 9.17) is 0 Å². The van der Waals surface area contributed by atoms with Gasteiger partial charge in [-0.1, -0.05) is 38.7 Å². The minimum atomic E-state index is 1.05. The van der Waals surface area contributed by atoms with Crippen molar-refractivity contribution in [3.05, 3.63) is 35.5 Å². The van der Waals surface area contributed by atoms with Crippen molar-refractivity contribution in [1.82, 2.24) is 10.2 Å². The van der Waals surface area contributed by atoms with Crippen molar-refractivity contribution in [3.63, 3.8) is 0 Å². The van der Waals surface area contributed by atoms with Crippen LogP contribution >= 0.6 is 0 Å². The molecule has 0 bridgehead atoms. The average Bonchev–Trinajstić information content (AvgIpc) is 2.22. The molecule has 0 atom stereocenters. The van der Waals surface area contributed by atoms with Gasteiger partial charge in [-0.15, -0.1) is 0 Å². The Balaban J connectivity index is 0.000000671. The smallest absolute Gasteiger partial charge is 0.0574 e. The summed E-state index contributed by atoms with van der Waals surface area (Å²) in [7, 11) is 0. The molecule has 2 heteroatoms. The first kappa shape index (κ1) is 11.6. The predicted octanol–water partition coefficient (Wildman–Crippen LogP) is 1.27. The second-order valence-electron chi connectivity index (χ2n) is 2.09. The van der Waals surface area contributed by atoms with E-state index >= 15 is 0 Å². The van der Waals surface area contributed by atoms with Crippen LogP contribution in [0.15, 0.2) is 25.0 Å².